The molecule has 1 fully saturated rings. The van der Waals surface area contributed by atoms with Gasteiger partial charge in [-0.3, -0.25) is 18.5 Å². The minimum Gasteiger partial charge on any atom is -0.455 e. The van der Waals surface area contributed by atoms with Crippen LogP contribution in [0.3, 0.4) is 0 Å². The Morgan fingerprint density at radius 3 is 2.22 bits per heavy atom. The average Bonchev–Trinajstić information content (AvgIpc) is 3.71. The Hall–Kier alpha value is -1.81. The van der Waals surface area contributed by atoms with Crippen molar-refractivity contribution in [2.75, 3.05) is 17.6 Å². The molecule has 5 rings (SSSR count). The number of sulfonamides is 1. The summed E-state index contributed by atoms with van der Waals surface area (Å²) in [5, 5.41) is 21.9. The Morgan fingerprint density at radius 2 is 1.72 bits per heavy atom. The molecule has 18 heteroatoms. The van der Waals surface area contributed by atoms with Crippen LogP contribution in [0.5, 0.6) is 0 Å². The number of rotatable bonds is 9. The number of nitrogens with one attached hydrogen (secondary N) is 1. The van der Waals surface area contributed by atoms with Crippen molar-refractivity contribution in [2.45, 2.75) is 31.5 Å². The molecule has 0 aliphatic heterocycles. The second-order valence-electron chi connectivity index (χ2n) is 10.3. The van der Waals surface area contributed by atoms with Crippen LogP contribution in [-0.4, -0.2) is 44.8 Å². The van der Waals surface area contributed by atoms with Crippen molar-refractivity contribution in [3.63, 3.8) is 0 Å². The molecule has 1 aromatic heterocycles. The number of anilines is 2. The third kappa shape index (κ3) is 9.87. The predicted octanol–water partition coefficient (Wildman–Crippen LogP) is -5.51. The first-order chi connectivity index (χ1) is 21.0. The van der Waals surface area contributed by atoms with E-state index in [-0.39, 0.29) is 59.0 Å². The zero-order valence-electron chi connectivity index (χ0n) is 24.8. The molecule has 3 N–H and O–H groups in total. The quantitative estimate of drug-likeness (QED) is 0.108. The molecule has 1 aliphatic rings. The number of hydrogen-bond acceptors (Lipinski definition) is 10. The van der Waals surface area contributed by atoms with Gasteiger partial charge in [0, 0.05) is 29.1 Å². The predicted molar refractivity (Wildman–Crippen MR) is 154 cm³/mol. The smallest absolute Gasteiger partial charge is 0.455 e. The van der Waals surface area contributed by atoms with Crippen LogP contribution in [0, 0.1) is 5.82 Å². The van der Waals surface area contributed by atoms with E-state index in [1.165, 1.54) is 41.7 Å². The first-order valence-electron chi connectivity index (χ1n) is 13.3. The van der Waals surface area contributed by atoms with E-state index in [2.05, 4.69) is 5.32 Å². The van der Waals surface area contributed by atoms with Crippen molar-refractivity contribution < 1.29 is 95.5 Å². The number of carbonyl (C=O) groups excluding carboxylic acids is 1. The minimum absolute atomic E-state index is 0. The van der Waals surface area contributed by atoms with Crippen molar-refractivity contribution in [3.8, 4) is 11.3 Å². The number of hydrogen-bond donors (Lipinski definition) is 3. The fraction of sp³-hybridized carbons (Fsp3) is 0.250. The maximum atomic E-state index is 13.6. The van der Waals surface area contributed by atoms with Crippen LogP contribution in [0.15, 0.2) is 59.0 Å². The molecule has 1 amide bonds. The number of carbonyl (C=O) groups is 1. The van der Waals surface area contributed by atoms with E-state index in [1.807, 2.05) is 0 Å². The van der Waals surface area contributed by atoms with Crippen LogP contribution in [0.25, 0.3) is 22.3 Å². The summed E-state index contributed by atoms with van der Waals surface area (Å²) in [5.74, 6) is -0.479. The largest absolute Gasteiger partial charge is 1.00 e. The molecular weight excluding hydrogens is 772 g/mol. The van der Waals surface area contributed by atoms with Crippen molar-refractivity contribution in [1.82, 2.24) is 5.32 Å². The van der Waals surface area contributed by atoms with Crippen molar-refractivity contribution >= 4 is 57.0 Å². The van der Waals surface area contributed by atoms with Gasteiger partial charge in [0.25, 0.3) is 5.91 Å². The van der Waals surface area contributed by atoms with Gasteiger partial charge in [-0.15, -0.1) is 0 Å². The molecule has 4 aromatic rings. The number of furan rings is 1. The Morgan fingerprint density at radius 1 is 1.11 bits per heavy atom. The summed E-state index contributed by atoms with van der Waals surface area (Å²) in [6.07, 6.45) is 3.20. The second-order valence-corrected chi connectivity index (χ2v) is 14.7. The summed E-state index contributed by atoms with van der Waals surface area (Å²) >= 11 is 0.544. The number of halogens is 3. The summed E-state index contributed by atoms with van der Waals surface area (Å²) < 4.78 is 81.9. The Kier molecular flexibility index (Phi) is 13.1. The molecule has 46 heavy (non-hydrogen) atoms. The van der Waals surface area contributed by atoms with Crippen molar-refractivity contribution in [3.05, 3.63) is 82.1 Å². The molecule has 1 heterocycles. The van der Waals surface area contributed by atoms with Crippen LogP contribution < -0.4 is 73.0 Å². The van der Waals surface area contributed by atoms with Gasteiger partial charge in [-0.05, 0) is 85.1 Å². The Labute approximate surface area is 298 Å². The van der Waals surface area contributed by atoms with Gasteiger partial charge in [0.2, 0.25) is 10.0 Å². The van der Waals surface area contributed by atoms with Crippen LogP contribution >= 0.6 is 11.6 Å². The van der Waals surface area contributed by atoms with Crippen molar-refractivity contribution in [1.29, 1.82) is 0 Å². The van der Waals surface area contributed by atoms with E-state index < -0.39 is 43.1 Å². The number of benzene rings is 3. The first-order valence-corrected chi connectivity index (χ1v) is 19.1. The van der Waals surface area contributed by atoms with Crippen LogP contribution in [0.2, 0.25) is 11.3 Å². The van der Waals surface area contributed by atoms with Gasteiger partial charge >= 0.3 is 36.7 Å². The monoisotopic (exact) mass is 798 g/mol. The first kappa shape index (κ1) is 38.6. The molecular formula is C28H27BClFIN2NaO10S. The SMILES string of the molecule is CNC(=O)c1c(-c2ccc(F)cc2)oc2cc(N(c3ccc(CCB(O)O)c(Cl)c3)S(C)(=O)=O)c(C3CC3)cc12.[Na+].[O-][I+3]([O-])([O-])[O-]. The molecule has 12 nitrogen and oxygen atoms in total. The van der Waals surface area contributed by atoms with E-state index in [4.69, 9.17) is 29.8 Å². The standard InChI is InChI=1S/C28H27BClFN2O6S.IO4.Na/c1-32-28(34)26-22-14-21(16-3-4-16)24(15-25(22)39-27(26)18-5-8-19(31)9-6-18)33(40(2,37)38)20-10-7-17(23(30)13-20)11-12-29(35)36;2-1(3,4)5;/h5-10,13-16,35-36H,3-4,11-12H2,1-2H3,(H,32,34);;/q;-1;+1. The number of amides is 1. The van der Waals surface area contributed by atoms with Gasteiger partial charge in [0.15, 0.2) is 0 Å². The normalized spacial score (nSPS) is 13.0. The van der Waals surface area contributed by atoms with E-state index in [9.17, 15) is 27.7 Å². The van der Waals surface area contributed by atoms with Crippen LogP contribution in [-0.2, 0) is 16.4 Å². The number of aryl methyl sites for hydroxylation is 1. The summed E-state index contributed by atoms with van der Waals surface area (Å²) in [6.45, 7) is 0. The van der Waals surface area contributed by atoms with Gasteiger partial charge < -0.3 is 19.8 Å². The molecule has 0 unspecified atom stereocenters. The van der Waals surface area contributed by atoms with Gasteiger partial charge in [-0.1, -0.05) is 17.7 Å². The molecule has 0 spiro atoms. The molecule has 3 aromatic carbocycles. The fourth-order valence-corrected chi connectivity index (χ4v) is 6.14. The van der Waals surface area contributed by atoms with Gasteiger partial charge in [0.05, 0.1) is 23.2 Å². The second kappa shape index (κ2) is 15.6. The maximum Gasteiger partial charge on any atom is 1.00 e. The molecule has 0 radical (unpaired) electrons. The van der Waals surface area contributed by atoms with E-state index >= 15 is 0 Å². The summed E-state index contributed by atoms with van der Waals surface area (Å²) in [4.78, 5) is 13.0. The Bertz CT molecular complexity index is 1810. The Balaban J connectivity index is 0.000000892. The summed E-state index contributed by atoms with van der Waals surface area (Å²) in [7, 11) is -3.85. The maximum absolute atomic E-state index is 13.6. The fourth-order valence-electron chi connectivity index (χ4n) is 4.86. The van der Waals surface area contributed by atoms with Crippen molar-refractivity contribution in [2.24, 2.45) is 0 Å². The van der Waals surface area contributed by atoms with Gasteiger partial charge in [-0.2, -0.15) is 0 Å². The average molecular weight is 799 g/mol. The minimum atomic E-state index is -5.94. The topological polar surface area (TPSA) is 212 Å². The number of fused-ring (bicyclic) bond motifs is 1. The van der Waals surface area contributed by atoms with E-state index in [0.29, 0.717) is 44.9 Å². The third-order valence-electron chi connectivity index (χ3n) is 6.91. The molecule has 0 bridgehead atoms. The van der Waals surface area contributed by atoms with E-state index in [1.54, 1.807) is 24.3 Å². The molecule has 0 saturated heterocycles. The zero-order chi connectivity index (χ0) is 33.3. The zero-order valence-corrected chi connectivity index (χ0v) is 30.6. The number of nitrogens with zero attached hydrogens (tertiary/aromatic N) is 1. The van der Waals surface area contributed by atoms with Gasteiger partial charge in [0.1, 0.15) is 37.3 Å². The third-order valence-corrected chi connectivity index (χ3v) is 8.33. The summed E-state index contributed by atoms with van der Waals surface area (Å²) in [6, 6.07) is 13.8. The van der Waals surface area contributed by atoms with E-state index in [0.717, 1.165) is 24.7 Å². The van der Waals surface area contributed by atoms with Crippen LogP contribution in [0.1, 0.15) is 40.2 Å². The molecule has 240 valence electrons. The molecule has 1 aliphatic carbocycles. The van der Waals surface area contributed by atoms with Crippen LogP contribution in [0.4, 0.5) is 15.8 Å². The summed E-state index contributed by atoms with van der Waals surface area (Å²) in [5.41, 5.74) is 3.16. The van der Waals surface area contributed by atoms with Gasteiger partial charge in [-0.25, -0.2) is 17.1 Å². The molecule has 0 atom stereocenters. The molecule has 1 saturated carbocycles.